The van der Waals surface area contributed by atoms with Crippen LogP contribution in [-0.2, 0) is 11.3 Å². The molecule has 1 N–H and O–H groups in total. The first-order chi connectivity index (χ1) is 9.83. The van der Waals surface area contributed by atoms with Crippen LogP contribution in [0.1, 0.15) is 31.7 Å². The molecule has 0 amide bonds. The molecule has 1 aromatic heterocycles. The Morgan fingerprint density at radius 1 is 1.05 bits per heavy atom. The highest BCUT2D eigenvalue weighted by Crippen LogP contribution is 2.22. The number of aromatic nitrogens is 2. The first kappa shape index (κ1) is 16.7. The van der Waals surface area contributed by atoms with Gasteiger partial charge in [0.2, 0.25) is 11.8 Å². The third-order valence-corrected chi connectivity index (χ3v) is 2.84. The lowest BCUT2D eigenvalue weighted by molar-refractivity contribution is 0.128. The predicted molar refractivity (Wildman–Crippen MR) is 77.2 cm³/mol. The highest BCUT2D eigenvalue weighted by molar-refractivity contribution is 5.34. The fourth-order valence-corrected chi connectivity index (χ4v) is 1.75. The van der Waals surface area contributed by atoms with Crippen molar-refractivity contribution >= 4 is 0 Å². The molecular weight excluding hydrogens is 258 g/mol. The number of hydrogen-bond donors (Lipinski definition) is 1. The van der Waals surface area contributed by atoms with Gasteiger partial charge in [-0.05, 0) is 19.4 Å². The Balaban J connectivity index is 2.27. The Kier molecular flexibility index (Phi) is 8.66. The lowest BCUT2D eigenvalue weighted by atomic mass is 10.3. The van der Waals surface area contributed by atoms with Gasteiger partial charge in [0.15, 0.2) is 0 Å². The molecule has 6 nitrogen and oxygen atoms in total. The van der Waals surface area contributed by atoms with Crippen LogP contribution >= 0.6 is 0 Å². The van der Waals surface area contributed by atoms with Gasteiger partial charge in [-0.3, -0.25) is 0 Å². The van der Waals surface area contributed by atoms with E-state index < -0.39 is 0 Å². The normalized spacial score (nSPS) is 10.6. The summed E-state index contributed by atoms with van der Waals surface area (Å²) in [6.45, 7) is 5.28. The van der Waals surface area contributed by atoms with E-state index in [1.807, 2.05) is 0 Å². The van der Waals surface area contributed by atoms with E-state index in [1.54, 1.807) is 14.2 Å². The summed E-state index contributed by atoms with van der Waals surface area (Å²) >= 11 is 0. The summed E-state index contributed by atoms with van der Waals surface area (Å²) in [5, 5.41) is 3.32. The zero-order valence-corrected chi connectivity index (χ0v) is 12.6. The van der Waals surface area contributed by atoms with Gasteiger partial charge in [-0.2, -0.15) is 0 Å². The highest BCUT2D eigenvalue weighted by atomic mass is 16.5. The molecule has 0 radical (unpaired) electrons. The van der Waals surface area contributed by atoms with Gasteiger partial charge in [0.1, 0.15) is 6.33 Å². The number of nitrogens with one attached hydrogen (secondary N) is 1. The van der Waals surface area contributed by atoms with Crippen molar-refractivity contribution in [1.82, 2.24) is 15.3 Å². The Hall–Kier alpha value is -1.40. The van der Waals surface area contributed by atoms with Crippen LogP contribution < -0.4 is 14.8 Å². The highest BCUT2D eigenvalue weighted by Gasteiger charge is 2.11. The van der Waals surface area contributed by atoms with E-state index in [-0.39, 0.29) is 0 Å². The number of ether oxygens (including phenoxy) is 3. The predicted octanol–water partition coefficient (Wildman–Crippen LogP) is 1.79. The fourth-order valence-electron chi connectivity index (χ4n) is 1.75. The zero-order chi connectivity index (χ0) is 14.6. The van der Waals surface area contributed by atoms with Gasteiger partial charge >= 0.3 is 0 Å². The molecule has 0 saturated carbocycles. The minimum atomic E-state index is 0.545. The molecule has 1 heterocycles. The van der Waals surface area contributed by atoms with Crippen molar-refractivity contribution in [2.45, 2.75) is 32.7 Å². The molecule has 0 saturated heterocycles. The third kappa shape index (κ3) is 5.71. The quantitative estimate of drug-likeness (QED) is 0.625. The molecule has 0 aliphatic rings. The van der Waals surface area contributed by atoms with Crippen LogP contribution in [-0.4, -0.2) is 43.9 Å². The van der Waals surface area contributed by atoms with E-state index in [9.17, 15) is 0 Å². The molecule has 0 aliphatic carbocycles. The first-order valence-electron chi connectivity index (χ1n) is 7.03. The van der Waals surface area contributed by atoms with Crippen molar-refractivity contribution in [3.05, 3.63) is 11.9 Å². The molecule has 1 aromatic rings. The van der Waals surface area contributed by atoms with Crippen molar-refractivity contribution in [3.63, 3.8) is 0 Å². The molecule has 0 aromatic carbocycles. The second-order valence-corrected chi connectivity index (χ2v) is 4.37. The molecule has 0 spiro atoms. The second kappa shape index (κ2) is 10.4. The smallest absolute Gasteiger partial charge is 0.224 e. The number of rotatable bonds is 11. The maximum atomic E-state index is 5.50. The molecule has 0 fully saturated rings. The monoisotopic (exact) mass is 283 g/mol. The van der Waals surface area contributed by atoms with Crippen LogP contribution in [0.25, 0.3) is 0 Å². The molecule has 0 aliphatic heterocycles. The van der Waals surface area contributed by atoms with E-state index in [0.717, 1.165) is 38.2 Å². The van der Waals surface area contributed by atoms with E-state index in [0.29, 0.717) is 18.3 Å². The molecule has 0 unspecified atom stereocenters. The number of nitrogens with zero attached hydrogens (tertiary/aromatic N) is 2. The summed E-state index contributed by atoms with van der Waals surface area (Å²) in [5.41, 5.74) is 0.837. The van der Waals surface area contributed by atoms with Crippen LogP contribution in [0.4, 0.5) is 0 Å². The molecule has 114 valence electrons. The second-order valence-electron chi connectivity index (χ2n) is 4.37. The Morgan fingerprint density at radius 2 is 1.70 bits per heavy atom. The van der Waals surface area contributed by atoms with Crippen LogP contribution in [0.2, 0.25) is 0 Å². The molecule has 0 atom stereocenters. The first-order valence-corrected chi connectivity index (χ1v) is 7.03. The van der Waals surface area contributed by atoms with Crippen molar-refractivity contribution in [2.75, 3.05) is 34.0 Å². The van der Waals surface area contributed by atoms with Gasteiger partial charge in [-0.15, -0.1) is 0 Å². The van der Waals surface area contributed by atoms with Gasteiger partial charge in [0.05, 0.1) is 19.8 Å². The molecule has 1 rings (SSSR count). The maximum Gasteiger partial charge on any atom is 0.224 e. The van der Waals surface area contributed by atoms with Crippen molar-refractivity contribution < 1.29 is 14.2 Å². The summed E-state index contributed by atoms with van der Waals surface area (Å²) in [4.78, 5) is 8.15. The minimum absolute atomic E-state index is 0.545. The van der Waals surface area contributed by atoms with Gasteiger partial charge in [-0.25, -0.2) is 9.97 Å². The van der Waals surface area contributed by atoms with Crippen molar-refractivity contribution in [1.29, 1.82) is 0 Å². The van der Waals surface area contributed by atoms with Gasteiger partial charge < -0.3 is 19.5 Å². The number of methoxy groups -OCH3 is 2. The average molecular weight is 283 g/mol. The van der Waals surface area contributed by atoms with Gasteiger partial charge in [0, 0.05) is 19.8 Å². The summed E-state index contributed by atoms with van der Waals surface area (Å²) in [6, 6.07) is 0. The summed E-state index contributed by atoms with van der Waals surface area (Å²) in [6.07, 6.45) is 4.71. The van der Waals surface area contributed by atoms with Crippen LogP contribution in [0.5, 0.6) is 11.8 Å². The van der Waals surface area contributed by atoms with Crippen molar-refractivity contribution in [2.24, 2.45) is 0 Å². The molecule has 20 heavy (non-hydrogen) atoms. The van der Waals surface area contributed by atoms with E-state index in [4.69, 9.17) is 14.2 Å². The largest absolute Gasteiger partial charge is 0.481 e. The maximum absolute atomic E-state index is 5.50. The minimum Gasteiger partial charge on any atom is -0.481 e. The SMILES string of the molecule is CCCCOCCCNCc1c(OC)ncnc1OC. The Labute approximate surface area is 120 Å². The standard InChI is InChI=1S/C14H25N3O3/c1-4-5-8-20-9-6-7-15-10-12-13(18-2)16-11-17-14(12)19-3/h11,15H,4-10H2,1-3H3. The fraction of sp³-hybridized carbons (Fsp3) is 0.714. The third-order valence-electron chi connectivity index (χ3n) is 2.84. The Bertz CT molecular complexity index is 352. The summed E-state index contributed by atoms with van der Waals surface area (Å²) < 4.78 is 15.9. The Morgan fingerprint density at radius 3 is 2.30 bits per heavy atom. The van der Waals surface area contributed by atoms with E-state index >= 15 is 0 Å². The van der Waals surface area contributed by atoms with E-state index in [1.165, 1.54) is 12.7 Å². The van der Waals surface area contributed by atoms with Crippen LogP contribution in [0.3, 0.4) is 0 Å². The van der Waals surface area contributed by atoms with Crippen molar-refractivity contribution in [3.8, 4) is 11.8 Å². The topological polar surface area (TPSA) is 65.5 Å². The molecule has 6 heteroatoms. The lowest BCUT2D eigenvalue weighted by Gasteiger charge is -2.11. The van der Waals surface area contributed by atoms with E-state index in [2.05, 4.69) is 22.2 Å². The number of hydrogen-bond acceptors (Lipinski definition) is 6. The summed E-state index contributed by atoms with van der Waals surface area (Å²) in [7, 11) is 3.18. The lowest BCUT2D eigenvalue weighted by Crippen LogP contribution is -2.18. The number of unbranched alkanes of at least 4 members (excludes halogenated alkanes) is 1. The molecular formula is C14H25N3O3. The van der Waals surface area contributed by atoms with Gasteiger partial charge in [-0.1, -0.05) is 13.3 Å². The van der Waals surface area contributed by atoms with Crippen LogP contribution in [0, 0.1) is 0 Å². The molecule has 0 bridgehead atoms. The zero-order valence-electron chi connectivity index (χ0n) is 12.6. The van der Waals surface area contributed by atoms with Gasteiger partial charge in [0.25, 0.3) is 0 Å². The average Bonchev–Trinajstić information content (AvgIpc) is 2.49. The van der Waals surface area contributed by atoms with Crippen LogP contribution in [0.15, 0.2) is 6.33 Å². The summed E-state index contributed by atoms with van der Waals surface area (Å²) in [5.74, 6) is 1.09.